The molecule has 2 aromatic carbocycles. The van der Waals surface area contributed by atoms with E-state index in [0.717, 1.165) is 16.5 Å². The Hall–Kier alpha value is -3.52. The van der Waals surface area contributed by atoms with Crippen molar-refractivity contribution in [3.8, 4) is 23.0 Å². The molecule has 8 nitrogen and oxygen atoms in total. The van der Waals surface area contributed by atoms with Crippen LogP contribution in [0.3, 0.4) is 0 Å². The molecule has 33 heavy (non-hydrogen) atoms. The van der Waals surface area contributed by atoms with Crippen LogP contribution < -0.4 is 19.1 Å². The highest BCUT2D eigenvalue weighted by Crippen LogP contribution is 2.39. The number of pyridine rings is 1. The fourth-order valence-corrected chi connectivity index (χ4v) is 4.21. The summed E-state index contributed by atoms with van der Waals surface area (Å²) in [5.74, 6) is 2.44. The summed E-state index contributed by atoms with van der Waals surface area (Å²) in [4.78, 5) is 18.0. The summed E-state index contributed by atoms with van der Waals surface area (Å²) in [6.45, 7) is 4.99. The highest BCUT2D eigenvalue weighted by Gasteiger charge is 2.29. The van der Waals surface area contributed by atoms with Crippen LogP contribution >= 0.6 is 0 Å². The zero-order valence-electron chi connectivity index (χ0n) is 19.3. The van der Waals surface area contributed by atoms with E-state index in [2.05, 4.69) is 4.98 Å². The summed E-state index contributed by atoms with van der Waals surface area (Å²) >= 11 is 0. The molecule has 4 rings (SSSR count). The molecule has 0 aliphatic carbocycles. The van der Waals surface area contributed by atoms with Gasteiger partial charge in [0.15, 0.2) is 11.5 Å². The Bertz CT molecular complexity index is 1170. The van der Waals surface area contributed by atoms with Crippen molar-refractivity contribution in [1.82, 2.24) is 4.98 Å². The number of hydrogen-bond donors (Lipinski definition) is 1. The minimum Gasteiger partial charge on any atom is -0.493 e. The van der Waals surface area contributed by atoms with E-state index in [1.165, 1.54) is 4.90 Å². The van der Waals surface area contributed by atoms with E-state index in [-0.39, 0.29) is 6.04 Å². The Labute approximate surface area is 192 Å². The van der Waals surface area contributed by atoms with Gasteiger partial charge in [0.05, 0.1) is 25.4 Å². The lowest BCUT2D eigenvalue weighted by molar-refractivity contribution is 0.0838. The lowest BCUT2D eigenvalue weighted by Gasteiger charge is -2.33. The van der Waals surface area contributed by atoms with Crippen LogP contribution in [0.5, 0.6) is 23.0 Å². The first-order valence-electron chi connectivity index (χ1n) is 10.8. The normalized spacial score (nSPS) is 14.2. The van der Waals surface area contributed by atoms with Crippen LogP contribution in [0.15, 0.2) is 36.5 Å². The Balaban J connectivity index is 1.71. The van der Waals surface area contributed by atoms with Crippen LogP contribution in [0.1, 0.15) is 24.0 Å². The number of aromatic nitrogens is 1. The maximum atomic E-state index is 12.1. The van der Waals surface area contributed by atoms with E-state index in [4.69, 9.17) is 18.9 Å². The molecule has 0 radical (unpaired) electrons. The van der Waals surface area contributed by atoms with Gasteiger partial charge in [0.2, 0.25) is 0 Å². The molecule has 2 heterocycles. The standard InChI is InChI=1S/C25H28N2O6/c1-15-16(2)21(6-5-20(15)27(25(28)29)17-8-11-32-12-9-17)33-22-7-10-26-19-14-24(31-4)23(30-3)13-18(19)22/h5-7,10,13-14,17H,8-9,11-12H2,1-4H3,(H,28,29). The smallest absolute Gasteiger partial charge is 0.412 e. The Morgan fingerprint density at radius 1 is 1.00 bits per heavy atom. The van der Waals surface area contributed by atoms with E-state index in [1.807, 2.05) is 32.0 Å². The summed E-state index contributed by atoms with van der Waals surface area (Å²) in [7, 11) is 3.16. The predicted molar refractivity (Wildman–Crippen MR) is 125 cm³/mol. The summed E-state index contributed by atoms with van der Waals surface area (Å²) in [6.07, 6.45) is 2.07. The molecule has 0 spiro atoms. The van der Waals surface area contributed by atoms with Gasteiger partial charge in [0.25, 0.3) is 0 Å². The Kier molecular flexibility index (Phi) is 6.55. The Morgan fingerprint density at radius 2 is 1.70 bits per heavy atom. The van der Waals surface area contributed by atoms with Gasteiger partial charge in [-0.15, -0.1) is 0 Å². The number of carbonyl (C=O) groups is 1. The first-order valence-corrected chi connectivity index (χ1v) is 10.8. The minimum atomic E-state index is -0.959. The van der Waals surface area contributed by atoms with Crippen molar-refractivity contribution in [3.05, 3.63) is 47.7 Å². The number of amides is 1. The van der Waals surface area contributed by atoms with Crippen molar-refractivity contribution in [2.45, 2.75) is 32.7 Å². The highest BCUT2D eigenvalue weighted by atomic mass is 16.5. The highest BCUT2D eigenvalue weighted by molar-refractivity contribution is 5.89. The first-order chi connectivity index (χ1) is 15.9. The van der Waals surface area contributed by atoms with Crippen LogP contribution in [0.2, 0.25) is 0 Å². The summed E-state index contributed by atoms with van der Waals surface area (Å²) < 4.78 is 22.5. The molecule has 1 fully saturated rings. The predicted octanol–water partition coefficient (Wildman–Crippen LogP) is 5.32. The van der Waals surface area contributed by atoms with Crippen molar-refractivity contribution < 1.29 is 28.8 Å². The fourth-order valence-electron chi connectivity index (χ4n) is 4.21. The number of hydrogen-bond acceptors (Lipinski definition) is 6. The molecule has 174 valence electrons. The first kappa shape index (κ1) is 22.7. The summed E-state index contributed by atoms with van der Waals surface area (Å²) in [6, 6.07) is 8.97. The van der Waals surface area contributed by atoms with Gasteiger partial charge in [-0.05, 0) is 62.1 Å². The average molecular weight is 453 g/mol. The van der Waals surface area contributed by atoms with Crippen LogP contribution in [0, 0.1) is 13.8 Å². The van der Waals surface area contributed by atoms with Crippen molar-refractivity contribution in [1.29, 1.82) is 0 Å². The molecule has 1 saturated heterocycles. The number of ether oxygens (including phenoxy) is 4. The summed E-state index contributed by atoms with van der Waals surface area (Å²) in [5.41, 5.74) is 3.12. The number of fused-ring (bicyclic) bond motifs is 1. The van der Waals surface area contributed by atoms with Gasteiger partial charge >= 0.3 is 6.09 Å². The molecule has 0 atom stereocenters. The largest absolute Gasteiger partial charge is 0.493 e. The van der Waals surface area contributed by atoms with Gasteiger partial charge in [0, 0.05) is 36.9 Å². The van der Waals surface area contributed by atoms with Gasteiger partial charge in [-0.2, -0.15) is 0 Å². The molecule has 8 heteroatoms. The second-order valence-electron chi connectivity index (χ2n) is 7.96. The average Bonchev–Trinajstić information content (AvgIpc) is 2.83. The van der Waals surface area contributed by atoms with Gasteiger partial charge in [-0.25, -0.2) is 4.79 Å². The molecular formula is C25H28N2O6. The van der Waals surface area contributed by atoms with Gasteiger partial charge in [-0.3, -0.25) is 9.88 Å². The molecule has 0 unspecified atom stereocenters. The number of benzene rings is 2. The molecular weight excluding hydrogens is 424 g/mol. The summed E-state index contributed by atoms with van der Waals surface area (Å²) in [5, 5.41) is 10.7. The van der Waals surface area contributed by atoms with Gasteiger partial charge in [-0.1, -0.05) is 0 Å². The molecule has 0 saturated carbocycles. The van der Waals surface area contributed by atoms with Crippen LogP contribution in [-0.4, -0.2) is 49.7 Å². The zero-order valence-corrected chi connectivity index (χ0v) is 19.3. The number of nitrogens with zero attached hydrogens (tertiary/aromatic N) is 2. The quantitative estimate of drug-likeness (QED) is 0.541. The number of carboxylic acid groups (broad SMARTS) is 1. The van der Waals surface area contributed by atoms with Crippen molar-refractivity contribution in [2.24, 2.45) is 0 Å². The van der Waals surface area contributed by atoms with Crippen molar-refractivity contribution in [2.75, 3.05) is 32.3 Å². The second-order valence-corrected chi connectivity index (χ2v) is 7.96. The molecule has 1 aliphatic heterocycles. The maximum absolute atomic E-state index is 12.1. The van der Waals surface area contributed by atoms with E-state index >= 15 is 0 Å². The number of rotatable bonds is 6. The van der Waals surface area contributed by atoms with E-state index in [1.54, 1.807) is 32.5 Å². The van der Waals surface area contributed by atoms with Crippen LogP contribution in [0.25, 0.3) is 10.9 Å². The van der Waals surface area contributed by atoms with Gasteiger partial charge < -0.3 is 24.1 Å². The zero-order chi connectivity index (χ0) is 23.5. The lowest BCUT2D eigenvalue weighted by atomic mass is 10.0. The third-order valence-electron chi connectivity index (χ3n) is 6.16. The monoisotopic (exact) mass is 452 g/mol. The molecule has 0 bridgehead atoms. The van der Waals surface area contributed by atoms with Crippen LogP contribution in [0.4, 0.5) is 10.5 Å². The SMILES string of the molecule is COc1cc2nccc(Oc3ccc(N(C(=O)O)C4CCOCC4)c(C)c3C)c2cc1OC. The molecule has 1 aromatic heterocycles. The van der Waals surface area contributed by atoms with Crippen molar-refractivity contribution in [3.63, 3.8) is 0 Å². The topological polar surface area (TPSA) is 90.4 Å². The Morgan fingerprint density at radius 3 is 2.36 bits per heavy atom. The van der Waals surface area contributed by atoms with E-state index < -0.39 is 6.09 Å². The molecule has 1 amide bonds. The fraction of sp³-hybridized carbons (Fsp3) is 0.360. The number of anilines is 1. The van der Waals surface area contributed by atoms with E-state index in [0.29, 0.717) is 60.3 Å². The maximum Gasteiger partial charge on any atom is 0.412 e. The molecule has 1 N–H and O–H groups in total. The minimum absolute atomic E-state index is 0.104. The number of methoxy groups -OCH3 is 2. The lowest BCUT2D eigenvalue weighted by Crippen LogP contribution is -2.43. The third kappa shape index (κ3) is 4.39. The van der Waals surface area contributed by atoms with Gasteiger partial charge in [0.1, 0.15) is 11.5 Å². The molecule has 1 aliphatic rings. The van der Waals surface area contributed by atoms with E-state index in [9.17, 15) is 9.90 Å². The van der Waals surface area contributed by atoms with Crippen LogP contribution in [-0.2, 0) is 4.74 Å². The van der Waals surface area contributed by atoms with Crippen molar-refractivity contribution >= 4 is 22.7 Å². The molecule has 3 aromatic rings. The second kappa shape index (κ2) is 9.54. The third-order valence-corrected chi connectivity index (χ3v) is 6.16.